The van der Waals surface area contributed by atoms with Crippen LogP contribution in [0.15, 0.2) is 18.2 Å². The summed E-state index contributed by atoms with van der Waals surface area (Å²) in [6, 6.07) is 5.73. The van der Waals surface area contributed by atoms with Gasteiger partial charge in [0.25, 0.3) is 16.6 Å². The van der Waals surface area contributed by atoms with Crippen LogP contribution >= 0.6 is 0 Å². The predicted molar refractivity (Wildman–Crippen MR) is 112 cm³/mol. The lowest BCUT2D eigenvalue weighted by Gasteiger charge is -2.38. The summed E-state index contributed by atoms with van der Waals surface area (Å²) < 4.78 is 12.9. The van der Waals surface area contributed by atoms with Crippen molar-refractivity contribution in [3.05, 3.63) is 23.8 Å². The SMILES string of the molecule is CC(=O)c1c(O[Si](C)(C)C(C)(C)C)cccc1O[Si](C)(C)C(C)(C)C. The van der Waals surface area contributed by atoms with E-state index in [2.05, 4.69) is 67.7 Å². The molecule has 5 heteroatoms. The van der Waals surface area contributed by atoms with Gasteiger partial charge in [0.2, 0.25) is 0 Å². The first-order valence-corrected chi connectivity index (χ1v) is 14.8. The van der Waals surface area contributed by atoms with Crippen molar-refractivity contribution in [3.8, 4) is 11.5 Å². The Balaban J connectivity index is 3.39. The molecule has 0 spiro atoms. The first-order valence-electron chi connectivity index (χ1n) is 9.01. The molecule has 0 bridgehead atoms. The van der Waals surface area contributed by atoms with Crippen molar-refractivity contribution >= 4 is 22.4 Å². The molecule has 25 heavy (non-hydrogen) atoms. The van der Waals surface area contributed by atoms with Crippen LogP contribution in [0.5, 0.6) is 11.5 Å². The highest BCUT2D eigenvalue weighted by molar-refractivity contribution is 6.75. The van der Waals surface area contributed by atoms with Gasteiger partial charge in [0.05, 0.1) is 5.56 Å². The van der Waals surface area contributed by atoms with Gasteiger partial charge >= 0.3 is 0 Å². The number of carbonyl (C=O) groups is 1. The van der Waals surface area contributed by atoms with Gasteiger partial charge in [-0.1, -0.05) is 47.6 Å². The van der Waals surface area contributed by atoms with E-state index in [4.69, 9.17) is 8.85 Å². The van der Waals surface area contributed by atoms with Crippen LogP contribution < -0.4 is 8.85 Å². The number of carbonyl (C=O) groups excluding carboxylic acids is 1. The van der Waals surface area contributed by atoms with Crippen LogP contribution in [0.4, 0.5) is 0 Å². The van der Waals surface area contributed by atoms with Gasteiger partial charge in [0.15, 0.2) is 5.78 Å². The maximum absolute atomic E-state index is 12.4. The van der Waals surface area contributed by atoms with Crippen molar-refractivity contribution in [1.82, 2.24) is 0 Å². The fraction of sp³-hybridized carbons (Fsp3) is 0.650. The second kappa shape index (κ2) is 6.91. The van der Waals surface area contributed by atoms with Crippen molar-refractivity contribution in [3.63, 3.8) is 0 Å². The highest BCUT2D eigenvalue weighted by Crippen LogP contribution is 2.42. The standard InChI is InChI=1S/C20H36O3Si2/c1-15(21)18-16(22-24(8,9)19(2,3)4)13-12-14-17(18)23-25(10,11)20(5,6)7/h12-14H,1-11H3. The van der Waals surface area contributed by atoms with Crippen molar-refractivity contribution in [2.75, 3.05) is 0 Å². The molecule has 0 saturated heterocycles. The van der Waals surface area contributed by atoms with Gasteiger partial charge in [-0.05, 0) is 55.3 Å². The van der Waals surface area contributed by atoms with Crippen LogP contribution in [-0.2, 0) is 0 Å². The maximum atomic E-state index is 12.4. The fourth-order valence-electron chi connectivity index (χ4n) is 1.88. The lowest BCUT2D eigenvalue weighted by Crippen LogP contribution is -2.45. The van der Waals surface area contributed by atoms with Gasteiger partial charge < -0.3 is 8.85 Å². The third-order valence-corrected chi connectivity index (χ3v) is 14.4. The van der Waals surface area contributed by atoms with E-state index < -0.39 is 16.6 Å². The van der Waals surface area contributed by atoms with E-state index in [1.807, 2.05) is 18.2 Å². The summed E-state index contributed by atoms with van der Waals surface area (Å²) in [6.45, 7) is 23.5. The average Bonchev–Trinajstić information content (AvgIpc) is 2.34. The Kier molecular flexibility index (Phi) is 6.07. The molecule has 0 fully saturated rings. The van der Waals surface area contributed by atoms with Gasteiger partial charge in [-0.15, -0.1) is 0 Å². The van der Waals surface area contributed by atoms with Crippen LogP contribution in [0.25, 0.3) is 0 Å². The summed E-state index contributed by atoms with van der Waals surface area (Å²) in [7, 11) is -4.08. The molecule has 0 heterocycles. The predicted octanol–water partition coefficient (Wildman–Crippen LogP) is 6.66. The maximum Gasteiger partial charge on any atom is 0.250 e. The molecular weight excluding hydrogens is 344 g/mol. The third kappa shape index (κ3) is 4.97. The summed E-state index contributed by atoms with van der Waals surface area (Å²) in [5.41, 5.74) is 0.581. The second-order valence-corrected chi connectivity index (χ2v) is 19.4. The quantitative estimate of drug-likeness (QED) is 0.423. The first-order chi connectivity index (χ1) is 11.0. The molecule has 0 aliphatic carbocycles. The van der Waals surface area contributed by atoms with Crippen molar-refractivity contribution in [1.29, 1.82) is 0 Å². The summed E-state index contributed by atoms with van der Waals surface area (Å²) in [5.74, 6) is 1.31. The van der Waals surface area contributed by atoms with E-state index in [0.29, 0.717) is 17.1 Å². The van der Waals surface area contributed by atoms with Crippen LogP contribution in [0.2, 0.25) is 36.3 Å². The Bertz CT molecular complexity index is 589. The van der Waals surface area contributed by atoms with Crippen LogP contribution in [0.3, 0.4) is 0 Å². The number of hydrogen-bond acceptors (Lipinski definition) is 3. The van der Waals surface area contributed by atoms with Gasteiger partial charge in [-0.3, -0.25) is 4.79 Å². The molecule has 1 aromatic rings. The van der Waals surface area contributed by atoms with E-state index in [0.717, 1.165) is 0 Å². The molecule has 1 aromatic carbocycles. The Hall–Kier alpha value is -1.08. The van der Waals surface area contributed by atoms with E-state index >= 15 is 0 Å². The highest BCUT2D eigenvalue weighted by Gasteiger charge is 2.41. The molecule has 0 aromatic heterocycles. The molecule has 1 rings (SSSR count). The minimum atomic E-state index is -2.04. The Morgan fingerprint density at radius 2 is 1.12 bits per heavy atom. The van der Waals surface area contributed by atoms with Gasteiger partial charge in [-0.25, -0.2) is 0 Å². The lowest BCUT2D eigenvalue weighted by atomic mass is 10.1. The topological polar surface area (TPSA) is 35.5 Å². The number of benzene rings is 1. The van der Waals surface area contributed by atoms with E-state index in [1.54, 1.807) is 6.92 Å². The molecule has 3 nitrogen and oxygen atoms in total. The van der Waals surface area contributed by atoms with Gasteiger partial charge in [0.1, 0.15) is 11.5 Å². The second-order valence-electron chi connectivity index (χ2n) is 9.91. The molecule has 0 amide bonds. The zero-order chi connectivity index (χ0) is 19.8. The number of hydrogen-bond donors (Lipinski definition) is 0. The lowest BCUT2D eigenvalue weighted by molar-refractivity contribution is 0.101. The zero-order valence-corrected chi connectivity index (χ0v) is 20.0. The largest absolute Gasteiger partial charge is 0.543 e. The molecule has 0 N–H and O–H groups in total. The van der Waals surface area contributed by atoms with Crippen LogP contribution in [0, 0.1) is 0 Å². The van der Waals surface area contributed by atoms with Gasteiger partial charge in [0, 0.05) is 0 Å². The summed E-state index contributed by atoms with van der Waals surface area (Å²) in [5, 5.41) is 0.134. The Morgan fingerprint density at radius 1 is 0.800 bits per heavy atom. The minimum absolute atomic E-state index is 0.0111. The summed E-state index contributed by atoms with van der Waals surface area (Å²) in [6.07, 6.45) is 0. The van der Waals surface area contributed by atoms with Gasteiger partial charge in [-0.2, -0.15) is 0 Å². The number of ketones is 1. The molecule has 0 unspecified atom stereocenters. The number of Topliss-reactive ketones (excluding diaryl/α,β-unsaturated/α-hetero) is 1. The third-order valence-electron chi connectivity index (χ3n) is 5.68. The van der Waals surface area contributed by atoms with Crippen molar-refractivity contribution in [2.24, 2.45) is 0 Å². The average molecular weight is 381 g/mol. The monoisotopic (exact) mass is 380 g/mol. The van der Waals surface area contributed by atoms with E-state index in [-0.39, 0.29) is 15.9 Å². The molecule has 0 radical (unpaired) electrons. The first kappa shape index (κ1) is 22.0. The molecule has 142 valence electrons. The minimum Gasteiger partial charge on any atom is -0.543 e. The summed E-state index contributed by atoms with van der Waals surface area (Å²) >= 11 is 0. The van der Waals surface area contributed by atoms with E-state index in [1.165, 1.54) is 0 Å². The fourth-order valence-corrected chi connectivity index (χ4v) is 3.94. The molecule has 0 saturated carbocycles. The van der Waals surface area contributed by atoms with Crippen LogP contribution in [0.1, 0.15) is 58.8 Å². The normalized spacial score (nSPS) is 13.6. The van der Waals surface area contributed by atoms with Crippen molar-refractivity contribution < 1.29 is 13.6 Å². The Labute approximate surface area is 156 Å². The Morgan fingerprint density at radius 3 is 1.36 bits per heavy atom. The summed E-state index contributed by atoms with van der Waals surface area (Å²) in [4.78, 5) is 12.4. The smallest absolute Gasteiger partial charge is 0.250 e. The zero-order valence-electron chi connectivity index (χ0n) is 18.0. The number of rotatable bonds is 5. The molecule has 0 aliphatic rings. The molecular formula is C20H36O3Si2. The van der Waals surface area contributed by atoms with Crippen molar-refractivity contribution in [2.45, 2.75) is 84.7 Å². The van der Waals surface area contributed by atoms with E-state index in [9.17, 15) is 4.79 Å². The highest BCUT2D eigenvalue weighted by atomic mass is 28.4. The molecule has 0 aliphatic heterocycles. The van der Waals surface area contributed by atoms with Crippen LogP contribution in [-0.4, -0.2) is 22.4 Å². The molecule has 0 atom stereocenters.